The van der Waals surface area contributed by atoms with E-state index in [1.807, 2.05) is 30.3 Å². The van der Waals surface area contributed by atoms with Crippen LogP contribution in [0.1, 0.15) is 22.9 Å². The summed E-state index contributed by atoms with van der Waals surface area (Å²) in [7, 11) is 0. The first-order valence-corrected chi connectivity index (χ1v) is 7.51. The zero-order valence-corrected chi connectivity index (χ0v) is 13.1. The molecule has 100 valence electrons. The molecule has 0 nitrogen and oxygen atoms in total. The third kappa shape index (κ3) is 3.71. The molecular weight excluding hydrogens is 350 g/mol. The van der Waals surface area contributed by atoms with Crippen LogP contribution in [-0.4, -0.2) is 0 Å². The van der Waals surface area contributed by atoms with Crippen LogP contribution in [-0.2, 0) is 6.42 Å². The van der Waals surface area contributed by atoms with E-state index in [0.717, 1.165) is 5.56 Å². The molecule has 0 saturated carbocycles. The van der Waals surface area contributed by atoms with Gasteiger partial charge in [0.05, 0.1) is 10.4 Å². The summed E-state index contributed by atoms with van der Waals surface area (Å²) in [6, 6.07) is 13.3. The van der Waals surface area contributed by atoms with Gasteiger partial charge in [0.25, 0.3) is 0 Å². The van der Waals surface area contributed by atoms with Crippen LogP contribution in [0.2, 0.25) is 5.02 Å². The van der Waals surface area contributed by atoms with E-state index >= 15 is 0 Å². The van der Waals surface area contributed by atoms with Gasteiger partial charge in [0, 0.05) is 4.47 Å². The monoisotopic (exact) mass is 360 g/mol. The first-order valence-electron chi connectivity index (χ1n) is 5.91. The molecule has 0 radical (unpaired) electrons. The van der Waals surface area contributed by atoms with Crippen molar-refractivity contribution < 1.29 is 4.39 Å². The fourth-order valence-electron chi connectivity index (χ4n) is 1.87. The lowest BCUT2D eigenvalue weighted by atomic mass is 10.0. The SMILES string of the molecule is Fc1c(CCC(Cl)c2ccccc2)ccc(Br)c1Cl. The van der Waals surface area contributed by atoms with Crippen molar-refractivity contribution in [2.45, 2.75) is 18.2 Å². The molecule has 1 unspecified atom stereocenters. The number of hydrogen-bond acceptors (Lipinski definition) is 0. The summed E-state index contributed by atoms with van der Waals surface area (Å²) in [4.78, 5) is 0. The highest BCUT2D eigenvalue weighted by molar-refractivity contribution is 9.10. The molecular formula is C15H12BrCl2F. The van der Waals surface area contributed by atoms with Crippen LogP contribution >= 0.6 is 39.1 Å². The predicted molar refractivity (Wildman–Crippen MR) is 82.5 cm³/mol. The van der Waals surface area contributed by atoms with Gasteiger partial charge in [0.2, 0.25) is 0 Å². The molecule has 0 spiro atoms. The Bertz CT molecular complexity index is 558. The van der Waals surface area contributed by atoms with E-state index in [1.165, 1.54) is 0 Å². The van der Waals surface area contributed by atoms with E-state index in [-0.39, 0.29) is 16.2 Å². The normalized spacial score (nSPS) is 12.4. The molecule has 19 heavy (non-hydrogen) atoms. The van der Waals surface area contributed by atoms with Crippen molar-refractivity contribution in [3.8, 4) is 0 Å². The zero-order chi connectivity index (χ0) is 13.8. The molecule has 0 bridgehead atoms. The Balaban J connectivity index is 2.05. The van der Waals surface area contributed by atoms with E-state index in [1.54, 1.807) is 12.1 Å². The maximum atomic E-state index is 13.9. The summed E-state index contributed by atoms with van der Waals surface area (Å²) in [5, 5.41) is 0.00589. The fourth-order valence-corrected chi connectivity index (χ4v) is 2.61. The van der Waals surface area contributed by atoms with Crippen molar-refractivity contribution in [2.24, 2.45) is 0 Å². The average Bonchev–Trinajstić information content (AvgIpc) is 2.45. The second-order valence-electron chi connectivity index (χ2n) is 4.25. The van der Waals surface area contributed by atoms with E-state index in [9.17, 15) is 4.39 Å². The highest BCUT2D eigenvalue weighted by Gasteiger charge is 2.13. The maximum absolute atomic E-state index is 13.9. The smallest absolute Gasteiger partial charge is 0.146 e. The van der Waals surface area contributed by atoms with E-state index < -0.39 is 0 Å². The number of halogens is 4. The first kappa shape index (κ1) is 14.8. The molecule has 1 atom stereocenters. The highest BCUT2D eigenvalue weighted by atomic mass is 79.9. The van der Waals surface area contributed by atoms with Crippen molar-refractivity contribution in [1.82, 2.24) is 0 Å². The molecule has 0 aliphatic heterocycles. The van der Waals surface area contributed by atoms with Gasteiger partial charge in [-0.3, -0.25) is 0 Å². The van der Waals surface area contributed by atoms with Crippen molar-refractivity contribution in [3.05, 3.63) is 68.9 Å². The summed E-state index contributed by atoms with van der Waals surface area (Å²) in [5.41, 5.74) is 1.64. The molecule has 0 heterocycles. The Morgan fingerprint density at radius 2 is 1.79 bits per heavy atom. The van der Waals surface area contributed by atoms with Crippen LogP contribution in [0.4, 0.5) is 4.39 Å². The minimum atomic E-state index is -0.368. The lowest BCUT2D eigenvalue weighted by molar-refractivity contribution is 0.602. The molecule has 0 fully saturated rings. The van der Waals surface area contributed by atoms with Gasteiger partial charge < -0.3 is 0 Å². The van der Waals surface area contributed by atoms with Crippen molar-refractivity contribution in [1.29, 1.82) is 0 Å². The van der Waals surface area contributed by atoms with Gasteiger partial charge in [-0.15, -0.1) is 11.6 Å². The van der Waals surface area contributed by atoms with Crippen LogP contribution in [0.5, 0.6) is 0 Å². The molecule has 0 aromatic heterocycles. The van der Waals surface area contributed by atoms with Crippen LogP contribution in [0, 0.1) is 5.82 Å². The van der Waals surface area contributed by atoms with Gasteiger partial charge in [0.1, 0.15) is 5.82 Å². The molecule has 2 aromatic rings. The van der Waals surface area contributed by atoms with Crippen molar-refractivity contribution in [2.75, 3.05) is 0 Å². The Morgan fingerprint density at radius 1 is 1.11 bits per heavy atom. The van der Waals surface area contributed by atoms with Crippen molar-refractivity contribution in [3.63, 3.8) is 0 Å². The number of aryl methyl sites for hydroxylation is 1. The number of hydrogen-bond donors (Lipinski definition) is 0. The van der Waals surface area contributed by atoms with Gasteiger partial charge in [-0.2, -0.15) is 0 Å². The summed E-state index contributed by atoms with van der Waals surface area (Å²) >= 11 is 15.4. The minimum Gasteiger partial charge on any atom is -0.205 e. The van der Waals surface area contributed by atoms with Gasteiger partial charge >= 0.3 is 0 Å². The van der Waals surface area contributed by atoms with Gasteiger partial charge in [-0.1, -0.05) is 48.0 Å². The highest BCUT2D eigenvalue weighted by Crippen LogP contribution is 2.30. The van der Waals surface area contributed by atoms with E-state index in [2.05, 4.69) is 15.9 Å². The quantitative estimate of drug-likeness (QED) is 0.452. The first-order chi connectivity index (χ1) is 9.09. The molecule has 2 aromatic carbocycles. The summed E-state index contributed by atoms with van der Waals surface area (Å²) in [5.74, 6) is -0.368. The number of alkyl halides is 1. The Morgan fingerprint density at radius 3 is 2.47 bits per heavy atom. The van der Waals surface area contributed by atoms with Gasteiger partial charge in [-0.25, -0.2) is 4.39 Å². The third-order valence-corrected chi connectivity index (χ3v) is 4.67. The standard InChI is InChI=1S/C15H12BrCl2F/c16-12-8-6-11(15(19)14(12)18)7-9-13(17)10-4-2-1-3-5-10/h1-6,8,13H,7,9H2. The van der Waals surface area contributed by atoms with Crippen LogP contribution in [0.3, 0.4) is 0 Å². The second kappa shape index (κ2) is 6.74. The van der Waals surface area contributed by atoms with Crippen LogP contribution in [0.25, 0.3) is 0 Å². The molecule has 0 amide bonds. The zero-order valence-electron chi connectivity index (χ0n) is 10.0. The van der Waals surface area contributed by atoms with Crippen LogP contribution in [0.15, 0.2) is 46.9 Å². The van der Waals surface area contributed by atoms with E-state index in [0.29, 0.717) is 22.9 Å². The molecule has 0 N–H and O–H groups in total. The summed E-state index contributed by atoms with van der Waals surface area (Å²) in [6.07, 6.45) is 1.22. The van der Waals surface area contributed by atoms with Crippen LogP contribution < -0.4 is 0 Å². The maximum Gasteiger partial charge on any atom is 0.146 e. The Kier molecular flexibility index (Phi) is 5.26. The van der Waals surface area contributed by atoms with Crippen molar-refractivity contribution >= 4 is 39.1 Å². The summed E-state index contributed by atoms with van der Waals surface area (Å²) in [6.45, 7) is 0. The average molecular weight is 362 g/mol. The Hall–Kier alpha value is -0.570. The third-order valence-electron chi connectivity index (χ3n) is 2.94. The summed E-state index contributed by atoms with van der Waals surface area (Å²) < 4.78 is 14.5. The molecule has 0 aliphatic rings. The molecule has 4 heteroatoms. The largest absolute Gasteiger partial charge is 0.205 e. The van der Waals surface area contributed by atoms with Gasteiger partial charge in [-0.05, 0) is 46.0 Å². The number of rotatable bonds is 4. The topological polar surface area (TPSA) is 0 Å². The minimum absolute atomic E-state index is 0.122. The van der Waals surface area contributed by atoms with Gasteiger partial charge in [0.15, 0.2) is 0 Å². The fraction of sp³-hybridized carbons (Fsp3) is 0.200. The molecule has 2 rings (SSSR count). The molecule has 0 aliphatic carbocycles. The lowest BCUT2D eigenvalue weighted by Crippen LogP contribution is -1.97. The Labute approximate surface area is 130 Å². The molecule has 0 saturated heterocycles. The number of benzene rings is 2. The van der Waals surface area contributed by atoms with E-state index in [4.69, 9.17) is 23.2 Å². The lowest BCUT2D eigenvalue weighted by Gasteiger charge is -2.11. The predicted octanol–water partition coefficient (Wildman–Crippen LogP) is 6.15. The second-order valence-corrected chi connectivity index (χ2v) is 6.01.